The average molecular weight is 188 g/mol. The fourth-order valence-corrected chi connectivity index (χ4v) is 1.48. The van der Waals surface area contributed by atoms with E-state index in [-0.39, 0.29) is 0 Å². The van der Waals surface area contributed by atoms with E-state index in [9.17, 15) is 0 Å². The van der Waals surface area contributed by atoms with Crippen LogP contribution in [0.4, 0.5) is 5.69 Å². The molecule has 0 spiro atoms. The zero-order valence-electron chi connectivity index (χ0n) is 8.03. The van der Waals surface area contributed by atoms with E-state index >= 15 is 0 Å². The number of para-hydroxylation sites is 1. The minimum atomic E-state index is 0.495. The number of nitrogen functional groups attached to an aromatic ring is 1. The predicted molar refractivity (Wildman–Crippen MR) is 56.9 cm³/mol. The zero-order valence-corrected chi connectivity index (χ0v) is 8.03. The lowest BCUT2D eigenvalue weighted by Crippen LogP contribution is -1.96. The van der Waals surface area contributed by atoms with Gasteiger partial charge in [-0.1, -0.05) is 18.2 Å². The Bertz CT molecular complexity index is 454. The molecular formula is C11H12N2O. The van der Waals surface area contributed by atoms with Gasteiger partial charge in [-0.2, -0.15) is 0 Å². The van der Waals surface area contributed by atoms with Crippen molar-refractivity contribution >= 4 is 16.6 Å². The van der Waals surface area contributed by atoms with Gasteiger partial charge >= 0.3 is 0 Å². The van der Waals surface area contributed by atoms with Crippen LogP contribution in [0.2, 0.25) is 0 Å². The highest BCUT2D eigenvalue weighted by atomic mass is 16.5. The molecule has 14 heavy (non-hydrogen) atoms. The Labute approximate surface area is 82.5 Å². The van der Waals surface area contributed by atoms with Crippen LogP contribution in [0.1, 0.15) is 5.69 Å². The number of nitrogens with two attached hydrogens (primary N) is 1. The van der Waals surface area contributed by atoms with Crippen molar-refractivity contribution < 1.29 is 4.74 Å². The van der Waals surface area contributed by atoms with Crippen molar-refractivity contribution in [3.8, 4) is 0 Å². The minimum Gasteiger partial charge on any atom is -0.398 e. The normalized spacial score (nSPS) is 10.6. The van der Waals surface area contributed by atoms with Gasteiger partial charge in [0.1, 0.15) is 0 Å². The fraction of sp³-hybridized carbons (Fsp3) is 0.182. The third-order valence-electron chi connectivity index (χ3n) is 2.09. The summed E-state index contributed by atoms with van der Waals surface area (Å²) in [5.41, 5.74) is 8.42. The van der Waals surface area contributed by atoms with Gasteiger partial charge in [0.25, 0.3) is 0 Å². The second-order valence-electron chi connectivity index (χ2n) is 3.15. The van der Waals surface area contributed by atoms with Crippen LogP contribution >= 0.6 is 0 Å². The van der Waals surface area contributed by atoms with Crippen LogP contribution in [0.5, 0.6) is 0 Å². The molecule has 72 valence electrons. The molecule has 0 amide bonds. The molecule has 0 unspecified atom stereocenters. The SMILES string of the molecule is COCc1cc(N)c2ccccc2n1. The molecule has 1 aromatic carbocycles. The Morgan fingerprint density at radius 2 is 2.14 bits per heavy atom. The summed E-state index contributed by atoms with van der Waals surface area (Å²) < 4.78 is 5.01. The summed E-state index contributed by atoms with van der Waals surface area (Å²) in [5, 5.41) is 0.993. The second kappa shape index (κ2) is 3.64. The molecule has 0 aliphatic heterocycles. The van der Waals surface area contributed by atoms with Crippen LogP contribution in [-0.2, 0) is 11.3 Å². The van der Waals surface area contributed by atoms with Gasteiger partial charge in [0.15, 0.2) is 0 Å². The van der Waals surface area contributed by atoms with Crippen LogP contribution in [0.25, 0.3) is 10.9 Å². The number of hydrogen-bond donors (Lipinski definition) is 1. The van der Waals surface area contributed by atoms with Gasteiger partial charge in [-0.25, -0.2) is 0 Å². The number of pyridine rings is 1. The zero-order chi connectivity index (χ0) is 9.97. The third kappa shape index (κ3) is 1.54. The van der Waals surface area contributed by atoms with E-state index in [0.29, 0.717) is 6.61 Å². The molecule has 0 saturated heterocycles. The molecule has 0 atom stereocenters. The fourth-order valence-electron chi connectivity index (χ4n) is 1.48. The first-order valence-electron chi connectivity index (χ1n) is 4.44. The molecule has 3 nitrogen and oxygen atoms in total. The molecule has 1 heterocycles. The van der Waals surface area contributed by atoms with Gasteiger partial charge in [0.2, 0.25) is 0 Å². The maximum Gasteiger partial charge on any atom is 0.0885 e. The number of nitrogens with zero attached hydrogens (tertiary/aromatic N) is 1. The van der Waals surface area contributed by atoms with Crippen molar-refractivity contribution in [2.45, 2.75) is 6.61 Å². The van der Waals surface area contributed by atoms with E-state index in [4.69, 9.17) is 10.5 Å². The summed E-state index contributed by atoms with van der Waals surface area (Å²) in [4.78, 5) is 4.42. The van der Waals surface area contributed by atoms with E-state index in [1.54, 1.807) is 7.11 Å². The summed E-state index contributed by atoms with van der Waals surface area (Å²) in [5.74, 6) is 0. The highest BCUT2D eigenvalue weighted by molar-refractivity contribution is 5.90. The Hall–Kier alpha value is -1.61. The lowest BCUT2D eigenvalue weighted by Gasteiger charge is -2.04. The summed E-state index contributed by atoms with van der Waals surface area (Å²) in [7, 11) is 1.65. The molecule has 0 bridgehead atoms. The molecule has 0 aliphatic rings. The standard InChI is InChI=1S/C11H12N2O/c1-14-7-8-6-10(12)9-4-2-3-5-11(9)13-8/h2-6H,7H2,1H3,(H2,12,13). The molecule has 0 radical (unpaired) electrons. The lowest BCUT2D eigenvalue weighted by molar-refractivity contribution is 0.182. The summed E-state index contributed by atoms with van der Waals surface area (Å²) in [6.45, 7) is 0.495. The number of hydrogen-bond acceptors (Lipinski definition) is 3. The number of benzene rings is 1. The van der Waals surface area contributed by atoms with Gasteiger partial charge in [-0.15, -0.1) is 0 Å². The average Bonchev–Trinajstić information content (AvgIpc) is 2.18. The first-order chi connectivity index (χ1) is 6.81. The highest BCUT2D eigenvalue weighted by Crippen LogP contribution is 2.20. The van der Waals surface area contributed by atoms with Crippen LogP contribution in [0, 0.1) is 0 Å². The molecule has 0 fully saturated rings. The van der Waals surface area contributed by atoms with Crippen molar-refractivity contribution in [2.75, 3.05) is 12.8 Å². The highest BCUT2D eigenvalue weighted by Gasteiger charge is 2.01. The molecule has 2 rings (SSSR count). The molecule has 2 N–H and O–H groups in total. The van der Waals surface area contributed by atoms with Gasteiger partial charge in [-0.3, -0.25) is 4.98 Å². The van der Waals surface area contributed by atoms with E-state index in [0.717, 1.165) is 22.3 Å². The van der Waals surface area contributed by atoms with Crippen LogP contribution in [0.15, 0.2) is 30.3 Å². The van der Waals surface area contributed by atoms with Crippen molar-refractivity contribution in [1.29, 1.82) is 0 Å². The molecule has 0 saturated carbocycles. The summed E-state index contributed by atoms with van der Waals surface area (Å²) >= 11 is 0. The van der Waals surface area contributed by atoms with E-state index in [1.165, 1.54) is 0 Å². The number of anilines is 1. The number of rotatable bonds is 2. The van der Waals surface area contributed by atoms with Crippen LogP contribution < -0.4 is 5.73 Å². The number of aromatic nitrogens is 1. The maximum absolute atomic E-state index is 5.89. The van der Waals surface area contributed by atoms with E-state index in [2.05, 4.69) is 4.98 Å². The lowest BCUT2D eigenvalue weighted by atomic mass is 10.1. The Morgan fingerprint density at radius 3 is 2.93 bits per heavy atom. The van der Waals surface area contributed by atoms with E-state index in [1.807, 2.05) is 30.3 Å². The largest absolute Gasteiger partial charge is 0.398 e. The third-order valence-corrected chi connectivity index (χ3v) is 2.09. The maximum atomic E-state index is 5.89. The Balaban J connectivity index is 2.60. The van der Waals surface area contributed by atoms with Gasteiger partial charge in [0, 0.05) is 18.2 Å². The summed E-state index contributed by atoms with van der Waals surface area (Å²) in [6, 6.07) is 9.67. The minimum absolute atomic E-state index is 0.495. The molecule has 1 aromatic heterocycles. The smallest absolute Gasteiger partial charge is 0.0885 e. The van der Waals surface area contributed by atoms with Crippen molar-refractivity contribution in [3.05, 3.63) is 36.0 Å². The molecule has 3 heteroatoms. The Kier molecular flexibility index (Phi) is 2.33. The first-order valence-corrected chi connectivity index (χ1v) is 4.44. The van der Waals surface area contributed by atoms with Crippen LogP contribution in [-0.4, -0.2) is 12.1 Å². The van der Waals surface area contributed by atoms with Gasteiger partial charge in [-0.05, 0) is 12.1 Å². The number of fused-ring (bicyclic) bond motifs is 1. The van der Waals surface area contributed by atoms with Crippen LogP contribution in [0.3, 0.4) is 0 Å². The molecule has 2 aromatic rings. The molecule has 0 aliphatic carbocycles. The van der Waals surface area contributed by atoms with Crippen molar-refractivity contribution in [1.82, 2.24) is 4.98 Å². The Morgan fingerprint density at radius 1 is 1.36 bits per heavy atom. The van der Waals surface area contributed by atoms with Crippen molar-refractivity contribution in [2.24, 2.45) is 0 Å². The molecular weight excluding hydrogens is 176 g/mol. The van der Waals surface area contributed by atoms with Gasteiger partial charge in [0.05, 0.1) is 17.8 Å². The monoisotopic (exact) mass is 188 g/mol. The second-order valence-corrected chi connectivity index (χ2v) is 3.15. The number of methoxy groups -OCH3 is 1. The van der Waals surface area contributed by atoms with Crippen molar-refractivity contribution in [3.63, 3.8) is 0 Å². The summed E-state index contributed by atoms with van der Waals surface area (Å²) in [6.07, 6.45) is 0. The van der Waals surface area contributed by atoms with Gasteiger partial charge < -0.3 is 10.5 Å². The predicted octanol–water partition coefficient (Wildman–Crippen LogP) is 1.96. The quantitative estimate of drug-likeness (QED) is 0.783. The number of ether oxygens (including phenoxy) is 1. The van der Waals surface area contributed by atoms with E-state index < -0.39 is 0 Å². The topological polar surface area (TPSA) is 48.1 Å². The first kappa shape index (κ1) is 8.97.